The summed E-state index contributed by atoms with van der Waals surface area (Å²) < 4.78 is 41.3. The molecule has 1 fully saturated rings. The highest BCUT2D eigenvalue weighted by Gasteiger charge is 2.36. The molecule has 0 unspecified atom stereocenters. The van der Waals surface area contributed by atoms with Crippen LogP contribution in [0.2, 0.25) is 0 Å². The van der Waals surface area contributed by atoms with Gasteiger partial charge in [0.15, 0.2) is 0 Å². The van der Waals surface area contributed by atoms with Gasteiger partial charge >= 0.3 is 6.18 Å². The van der Waals surface area contributed by atoms with Gasteiger partial charge in [0.1, 0.15) is 11.6 Å². The van der Waals surface area contributed by atoms with Crippen molar-refractivity contribution in [1.29, 1.82) is 0 Å². The number of nitrogens with one attached hydrogen (secondary N) is 1. The zero-order valence-corrected chi connectivity index (χ0v) is 23.5. The number of rotatable bonds is 4. The molecule has 1 saturated heterocycles. The second-order valence-corrected chi connectivity index (χ2v) is 10.7. The van der Waals surface area contributed by atoms with Crippen LogP contribution in [0.25, 0.3) is 0 Å². The third-order valence-electron chi connectivity index (χ3n) is 8.06. The van der Waals surface area contributed by atoms with E-state index in [1.54, 1.807) is 4.90 Å². The second kappa shape index (κ2) is 11.7. The van der Waals surface area contributed by atoms with E-state index in [0.29, 0.717) is 31.9 Å². The van der Waals surface area contributed by atoms with Crippen molar-refractivity contribution in [2.75, 3.05) is 59.8 Å². The van der Waals surface area contributed by atoms with Gasteiger partial charge < -0.3 is 20.0 Å². The maximum Gasteiger partial charge on any atom is 0.419 e. The van der Waals surface area contributed by atoms with Gasteiger partial charge in [0.2, 0.25) is 5.95 Å². The van der Waals surface area contributed by atoms with Gasteiger partial charge in [-0.2, -0.15) is 18.2 Å². The summed E-state index contributed by atoms with van der Waals surface area (Å²) in [5.74, 6) is 1.43. The molecule has 0 aliphatic carbocycles. The first-order chi connectivity index (χ1) is 18.9. The van der Waals surface area contributed by atoms with Gasteiger partial charge in [0.05, 0.1) is 11.3 Å². The highest BCUT2D eigenvalue weighted by atomic mass is 35.5. The van der Waals surface area contributed by atoms with E-state index in [2.05, 4.69) is 45.3 Å². The highest BCUT2D eigenvalue weighted by molar-refractivity contribution is 5.85. The number of pyridine rings is 1. The predicted molar refractivity (Wildman–Crippen MR) is 156 cm³/mol. The molecule has 0 saturated carbocycles. The summed E-state index contributed by atoms with van der Waals surface area (Å²) in [7, 11) is 2.12. The number of fused-ring (bicyclic) bond motifs is 2. The topological polar surface area (TPSA) is 60.4 Å². The average Bonchev–Trinajstić information content (AvgIpc) is 3.16. The van der Waals surface area contributed by atoms with Crippen LogP contribution >= 0.6 is 12.4 Å². The lowest BCUT2D eigenvalue weighted by Crippen LogP contribution is -2.31. The number of nitrogens with zero attached hydrogens (tertiary/aromatic N) is 6. The summed E-state index contributed by atoms with van der Waals surface area (Å²) in [6.07, 6.45) is 3.65. The molecule has 2 aromatic heterocycles. The Balaban J connectivity index is 0.00000323. The average molecular weight is 574 g/mol. The second-order valence-electron chi connectivity index (χ2n) is 10.7. The molecule has 0 spiro atoms. The molecule has 7 nitrogen and oxygen atoms in total. The molecule has 5 heterocycles. The third-order valence-corrected chi connectivity index (χ3v) is 8.06. The Morgan fingerprint density at radius 1 is 0.850 bits per heavy atom. The van der Waals surface area contributed by atoms with Crippen LogP contribution < -0.4 is 20.0 Å². The first-order valence-corrected chi connectivity index (χ1v) is 13.9. The van der Waals surface area contributed by atoms with Gasteiger partial charge in [-0.3, -0.25) is 0 Å². The van der Waals surface area contributed by atoms with Crippen LogP contribution in [-0.2, 0) is 25.4 Å². The molecule has 0 amide bonds. The van der Waals surface area contributed by atoms with Crippen LogP contribution in [0.5, 0.6) is 0 Å². The van der Waals surface area contributed by atoms with Crippen molar-refractivity contribution in [3.63, 3.8) is 0 Å². The Labute approximate surface area is 239 Å². The van der Waals surface area contributed by atoms with Gasteiger partial charge in [0, 0.05) is 69.3 Å². The summed E-state index contributed by atoms with van der Waals surface area (Å²) in [5.41, 5.74) is 4.69. The van der Waals surface area contributed by atoms with Crippen molar-refractivity contribution in [2.45, 2.75) is 51.1 Å². The number of halogens is 4. The number of aromatic nitrogens is 3. The molecule has 0 atom stereocenters. The number of piperidine rings is 1. The van der Waals surface area contributed by atoms with E-state index in [1.165, 1.54) is 29.9 Å². The Morgan fingerprint density at radius 3 is 2.45 bits per heavy atom. The van der Waals surface area contributed by atoms with Crippen LogP contribution in [0.4, 0.5) is 42.1 Å². The minimum Gasteiger partial charge on any atom is -0.374 e. The Hall–Kier alpha value is -3.27. The molecule has 1 N–H and O–H groups in total. The number of alkyl halides is 3. The fourth-order valence-electron chi connectivity index (χ4n) is 5.98. The van der Waals surface area contributed by atoms with Gasteiger partial charge in [0.25, 0.3) is 0 Å². The minimum atomic E-state index is -4.46. The lowest BCUT2D eigenvalue weighted by molar-refractivity contribution is -0.137. The fourth-order valence-corrected chi connectivity index (χ4v) is 5.98. The monoisotopic (exact) mass is 573 g/mol. The Bertz CT molecular complexity index is 1340. The van der Waals surface area contributed by atoms with Gasteiger partial charge in [-0.1, -0.05) is 6.07 Å². The van der Waals surface area contributed by atoms with Crippen LogP contribution in [0.15, 0.2) is 36.5 Å². The largest absolute Gasteiger partial charge is 0.419 e. The molecule has 0 radical (unpaired) electrons. The van der Waals surface area contributed by atoms with E-state index in [-0.39, 0.29) is 18.2 Å². The van der Waals surface area contributed by atoms with E-state index in [1.807, 2.05) is 0 Å². The molecule has 6 rings (SSSR count). The zero-order valence-electron chi connectivity index (χ0n) is 22.7. The molecular formula is C29H35ClF3N7. The van der Waals surface area contributed by atoms with Crippen molar-refractivity contribution in [3.05, 3.63) is 58.9 Å². The van der Waals surface area contributed by atoms with Gasteiger partial charge in [-0.05, 0) is 68.4 Å². The number of aryl methyl sites for hydroxylation is 1. The molecule has 3 aromatic rings. The fraction of sp³-hybridized carbons (Fsp3) is 0.483. The number of benzene rings is 1. The van der Waals surface area contributed by atoms with E-state index < -0.39 is 11.7 Å². The van der Waals surface area contributed by atoms with E-state index in [9.17, 15) is 13.2 Å². The van der Waals surface area contributed by atoms with Crippen LogP contribution in [0.1, 0.15) is 48.1 Å². The molecule has 1 aromatic carbocycles. The smallest absolute Gasteiger partial charge is 0.374 e. The summed E-state index contributed by atoms with van der Waals surface area (Å²) in [6, 6.07) is 8.90. The van der Waals surface area contributed by atoms with Gasteiger partial charge in [-0.25, -0.2) is 9.97 Å². The molecule has 40 heavy (non-hydrogen) atoms. The summed E-state index contributed by atoms with van der Waals surface area (Å²) in [4.78, 5) is 20.4. The Kier molecular flexibility index (Phi) is 8.26. The SMILES string of the molecule is CN1CCCc2ccc(Nc3nc(N4CCCCC4)nc4c3CCN(c3ncccc3C(F)(F)F)CC4)cc21.Cl. The Morgan fingerprint density at radius 2 is 1.65 bits per heavy atom. The normalized spacial score (nSPS) is 17.4. The molecule has 11 heteroatoms. The van der Waals surface area contributed by atoms with E-state index in [0.717, 1.165) is 74.1 Å². The van der Waals surface area contributed by atoms with Crippen LogP contribution in [0, 0.1) is 0 Å². The van der Waals surface area contributed by atoms with Crippen molar-refractivity contribution in [3.8, 4) is 0 Å². The molecule has 0 bridgehead atoms. The lowest BCUT2D eigenvalue weighted by Gasteiger charge is -2.29. The summed E-state index contributed by atoms with van der Waals surface area (Å²) in [5, 5.41) is 3.58. The molecule has 214 valence electrons. The number of anilines is 5. The standard InChI is InChI=1S/C29H34F3N7.ClH/c1-37-14-6-7-20-9-10-21(19-25(20)37)34-26-22-11-17-38(27-23(29(30,31)32)8-5-13-33-27)18-12-24(22)35-28(36-26)39-15-3-2-4-16-39;/h5,8-10,13,19H,2-4,6-7,11-12,14-18H2,1H3,(H,34,35,36);1H. The van der Waals surface area contributed by atoms with E-state index >= 15 is 0 Å². The maximum atomic E-state index is 13.8. The van der Waals surface area contributed by atoms with Crippen LogP contribution in [0.3, 0.4) is 0 Å². The summed E-state index contributed by atoms with van der Waals surface area (Å²) in [6.45, 7) is 3.67. The van der Waals surface area contributed by atoms with Crippen molar-refractivity contribution in [1.82, 2.24) is 15.0 Å². The van der Waals surface area contributed by atoms with Gasteiger partial charge in [-0.15, -0.1) is 12.4 Å². The summed E-state index contributed by atoms with van der Waals surface area (Å²) >= 11 is 0. The molecular weight excluding hydrogens is 539 g/mol. The predicted octanol–water partition coefficient (Wildman–Crippen LogP) is 6.03. The number of hydrogen-bond acceptors (Lipinski definition) is 7. The highest BCUT2D eigenvalue weighted by Crippen LogP contribution is 2.37. The van der Waals surface area contributed by atoms with Crippen molar-refractivity contribution >= 4 is 41.4 Å². The van der Waals surface area contributed by atoms with E-state index in [4.69, 9.17) is 9.97 Å². The quantitative estimate of drug-likeness (QED) is 0.409. The zero-order chi connectivity index (χ0) is 27.0. The van der Waals surface area contributed by atoms with Crippen molar-refractivity contribution in [2.24, 2.45) is 0 Å². The first kappa shape index (κ1) is 28.3. The number of hydrogen-bond donors (Lipinski definition) is 1. The first-order valence-electron chi connectivity index (χ1n) is 13.9. The van der Waals surface area contributed by atoms with Crippen molar-refractivity contribution < 1.29 is 13.2 Å². The minimum absolute atomic E-state index is 0. The lowest BCUT2D eigenvalue weighted by atomic mass is 10.0. The van der Waals surface area contributed by atoms with Crippen LogP contribution in [-0.4, -0.2) is 54.7 Å². The third kappa shape index (κ3) is 5.77. The molecule has 3 aliphatic rings. The molecule has 3 aliphatic heterocycles. The maximum absolute atomic E-state index is 13.8.